The first-order valence-electron chi connectivity index (χ1n) is 9.94. The Balaban J connectivity index is 1.28. The Labute approximate surface area is 164 Å². The van der Waals surface area contributed by atoms with Gasteiger partial charge in [-0.1, -0.05) is 20.8 Å². The van der Waals surface area contributed by atoms with Crippen LogP contribution in [0.15, 0.2) is 24.3 Å². The van der Waals surface area contributed by atoms with Crippen LogP contribution in [-0.2, 0) is 5.41 Å². The molecule has 1 saturated heterocycles. The molecule has 1 aliphatic heterocycles. The van der Waals surface area contributed by atoms with Crippen molar-refractivity contribution < 1.29 is 0 Å². The molecule has 0 spiro atoms. The average molecular weight is 378 g/mol. The molecule has 3 aromatic heterocycles. The van der Waals surface area contributed by atoms with Gasteiger partial charge in [0.1, 0.15) is 5.82 Å². The van der Waals surface area contributed by atoms with E-state index in [-0.39, 0.29) is 5.41 Å². The molecule has 2 aliphatic rings. The monoisotopic (exact) mass is 378 g/mol. The van der Waals surface area contributed by atoms with E-state index in [1.165, 1.54) is 12.8 Å². The van der Waals surface area contributed by atoms with Crippen LogP contribution in [0.5, 0.6) is 0 Å². The zero-order valence-corrected chi connectivity index (χ0v) is 16.9. The van der Waals surface area contributed by atoms with Crippen LogP contribution in [0.4, 0.5) is 11.6 Å². The number of anilines is 2. The van der Waals surface area contributed by atoms with Crippen molar-refractivity contribution in [3.63, 3.8) is 0 Å². The summed E-state index contributed by atoms with van der Waals surface area (Å²) in [6, 6.07) is 8.59. The number of nitrogens with zero attached hydrogens (tertiary/aromatic N) is 8. The minimum Gasteiger partial charge on any atom is -0.352 e. The van der Waals surface area contributed by atoms with Crippen LogP contribution in [0, 0.1) is 0 Å². The summed E-state index contributed by atoms with van der Waals surface area (Å²) in [6.45, 7) is 8.28. The van der Waals surface area contributed by atoms with Crippen LogP contribution in [-0.4, -0.2) is 56.2 Å². The van der Waals surface area contributed by atoms with E-state index in [0.29, 0.717) is 12.0 Å². The second kappa shape index (κ2) is 6.12. The third kappa shape index (κ3) is 2.96. The van der Waals surface area contributed by atoms with Gasteiger partial charge in [-0.15, -0.1) is 20.4 Å². The Morgan fingerprint density at radius 2 is 1.75 bits per heavy atom. The normalized spacial score (nSPS) is 17.8. The quantitative estimate of drug-likeness (QED) is 0.690. The summed E-state index contributed by atoms with van der Waals surface area (Å²) >= 11 is 0. The predicted molar refractivity (Wildman–Crippen MR) is 108 cm³/mol. The van der Waals surface area contributed by atoms with E-state index in [4.69, 9.17) is 5.10 Å². The molecule has 8 heteroatoms. The third-order valence-corrected chi connectivity index (χ3v) is 5.73. The molecule has 146 valence electrons. The molecular weight excluding hydrogens is 352 g/mol. The van der Waals surface area contributed by atoms with Crippen LogP contribution in [0.3, 0.4) is 0 Å². The highest BCUT2D eigenvalue weighted by atomic mass is 15.4. The summed E-state index contributed by atoms with van der Waals surface area (Å²) in [5, 5.41) is 22.2. The van der Waals surface area contributed by atoms with Crippen LogP contribution >= 0.6 is 0 Å². The summed E-state index contributed by atoms with van der Waals surface area (Å²) in [5.74, 6) is 3.42. The molecule has 0 N–H and O–H groups in total. The van der Waals surface area contributed by atoms with Crippen molar-refractivity contribution in [3.05, 3.63) is 35.8 Å². The maximum atomic E-state index is 4.79. The molecule has 0 atom stereocenters. The first-order valence-corrected chi connectivity index (χ1v) is 9.94. The second-order valence-electron chi connectivity index (χ2n) is 8.99. The van der Waals surface area contributed by atoms with E-state index in [0.717, 1.165) is 41.9 Å². The standard InChI is InChI=1S/C20H26N8/c1-20(2,3)15-7-8-16(22-21-15)26(4)14-11-27(12-14)18-10-9-17-23-24-19(13-5-6-13)28(17)25-18/h7-10,13-14H,5-6,11-12H2,1-4H3. The molecule has 2 fully saturated rings. The van der Waals surface area contributed by atoms with Gasteiger partial charge in [0.05, 0.1) is 11.7 Å². The Bertz CT molecular complexity index is 993. The first kappa shape index (κ1) is 17.3. The minimum absolute atomic E-state index is 0.0170. The summed E-state index contributed by atoms with van der Waals surface area (Å²) in [7, 11) is 2.09. The van der Waals surface area contributed by atoms with Crippen molar-refractivity contribution in [3.8, 4) is 0 Å². The average Bonchev–Trinajstić information content (AvgIpc) is 3.39. The Morgan fingerprint density at radius 3 is 2.39 bits per heavy atom. The summed E-state index contributed by atoms with van der Waals surface area (Å²) in [4.78, 5) is 4.50. The molecule has 3 aromatic rings. The molecule has 0 bridgehead atoms. The molecule has 4 heterocycles. The number of rotatable bonds is 4. The lowest BCUT2D eigenvalue weighted by Crippen LogP contribution is -2.59. The van der Waals surface area contributed by atoms with E-state index in [2.05, 4.69) is 70.1 Å². The summed E-state index contributed by atoms with van der Waals surface area (Å²) < 4.78 is 1.92. The van der Waals surface area contributed by atoms with Gasteiger partial charge in [0, 0.05) is 31.5 Å². The second-order valence-corrected chi connectivity index (χ2v) is 8.99. The zero-order chi connectivity index (χ0) is 19.5. The molecule has 0 radical (unpaired) electrons. The molecule has 0 aromatic carbocycles. The van der Waals surface area contributed by atoms with E-state index in [9.17, 15) is 0 Å². The molecule has 1 saturated carbocycles. The fourth-order valence-electron chi connectivity index (χ4n) is 3.55. The number of hydrogen-bond donors (Lipinski definition) is 0. The molecule has 28 heavy (non-hydrogen) atoms. The van der Waals surface area contributed by atoms with Crippen LogP contribution in [0.1, 0.15) is 51.0 Å². The van der Waals surface area contributed by atoms with Gasteiger partial charge < -0.3 is 9.80 Å². The smallest absolute Gasteiger partial charge is 0.178 e. The number of fused-ring (bicyclic) bond motifs is 1. The van der Waals surface area contributed by atoms with E-state index < -0.39 is 0 Å². The first-order chi connectivity index (χ1) is 13.4. The predicted octanol–water partition coefficient (Wildman–Crippen LogP) is 2.41. The lowest BCUT2D eigenvalue weighted by molar-refractivity contribution is 0.484. The van der Waals surface area contributed by atoms with Crippen molar-refractivity contribution >= 4 is 17.3 Å². The van der Waals surface area contributed by atoms with E-state index in [1.807, 2.05) is 16.6 Å². The molecule has 1 aliphatic carbocycles. The lowest BCUT2D eigenvalue weighted by atomic mass is 9.92. The van der Waals surface area contributed by atoms with Gasteiger partial charge in [-0.3, -0.25) is 0 Å². The number of aromatic nitrogens is 6. The Morgan fingerprint density at radius 1 is 0.964 bits per heavy atom. The fraction of sp³-hybridized carbons (Fsp3) is 0.550. The van der Waals surface area contributed by atoms with Crippen molar-refractivity contribution in [1.82, 2.24) is 30.0 Å². The van der Waals surface area contributed by atoms with Gasteiger partial charge >= 0.3 is 0 Å². The fourth-order valence-corrected chi connectivity index (χ4v) is 3.55. The van der Waals surface area contributed by atoms with Gasteiger partial charge in [0.2, 0.25) is 0 Å². The largest absolute Gasteiger partial charge is 0.352 e. The highest BCUT2D eigenvalue weighted by molar-refractivity contribution is 5.51. The maximum absolute atomic E-state index is 4.79. The van der Waals surface area contributed by atoms with Crippen LogP contribution < -0.4 is 9.80 Å². The lowest BCUT2D eigenvalue weighted by Gasteiger charge is -2.44. The van der Waals surface area contributed by atoms with Gasteiger partial charge in [-0.05, 0) is 37.1 Å². The molecule has 5 rings (SSSR count). The number of likely N-dealkylation sites (N-methyl/N-ethyl adjacent to an activating group) is 1. The van der Waals surface area contributed by atoms with Gasteiger partial charge in [-0.25, -0.2) is 0 Å². The molecule has 0 amide bonds. The molecular formula is C20H26N8. The van der Waals surface area contributed by atoms with Crippen molar-refractivity contribution in [2.45, 2.75) is 51.0 Å². The highest BCUT2D eigenvalue weighted by Gasteiger charge is 2.33. The Kier molecular flexibility index (Phi) is 3.79. The zero-order valence-electron chi connectivity index (χ0n) is 16.9. The minimum atomic E-state index is 0.0170. The topological polar surface area (TPSA) is 75.3 Å². The van der Waals surface area contributed by atoms with Crippen LogP contribution in [0.25, 0.3) is 5.65 Å². The summed E-state index contributed by atoms with van der Waals surface area (Å²) in [5.41, 5.74) is 1.86. The van der Waals surface area contributed by atoms with Crippen molar-refractivity contribution in [2.75, 3.05) is 29.9 Å². The Hall–Kier alpha value is -2.77. The molecule has 8 nitrogen and oxygen atoms in total. The van der Waals surface area contributed by atoms with Crippen molar-refractivity contribution in [1.29, 1.82) is 0 Å². The van der Waals surface area contributed by atoms with Gasteiger partial charge in [-0.2, -0.15) is 9.61 Å². The summed E-state index contributed by atoms with van der Waals surface area (Å²) in [6.07, 6.45) is 2.39. The van der Waals surface area contributed by atoms with Gasteiger partial charge in [0.25, 0.3) is 0 Å². The van der Waals surface area contributed by atoms with Crippen LogP contribution in [0.2, 0.25) is 0 Å². The van der Waals surface area contributed by atoms with E-state index in [1.54, 1.807) is 0 Å². The third-order valence-electron chi connectivity index (χ3n) is 5.73. The SMILES string of the molecule is CN(c1ccc(C(C)(C)C)nn1)C1CN(c2ccc3nnc(C4CC4)n3n2)C1. The number of hydrogen-bond acceptors (Lipinski definition) is 7. The van der Waals surface area contributed by atoms with Gasteiger partial charge in [0.15, 0.2) is 17.3 Å². The van der Waals surface area contributed by atoms with E-state index >= 15 is 0 Å². The molecule has 0 unspecified atom stereocenters. The maximum Gasteiger partial charge on any atom is 0.178 e. The van der Waals surface area contributed by atoms with Crippen molar-refractivity contribution in [2.24, 2.45) is 0 Å². The highest BCUT2D eigenvalue weighted by Crippen LogP contribution is 2.39.